The summed E-state index contributed by atoms with van der Waals surface area (Å²) in [5, 5.41) is 10.0. The zero-order valence-electron chi connectivity index (χ0n) is 15.7. The number of sulfonamides is 1. The van der Waals surface area contributed by atoms with Crippen LogP contribution in [-0.4, -0.2) is 41.9 Å². The molecule has 0 spiro atoms. The van der Waals surface area contributed by atoms with Gasteiger partial charge in [0.1, 0.15) is 0 Å². The maximum atomic E-state index is 12.9. The highest BCUT2D eigenvalue weighted by Gasteiger charge is 2.31. The standard InChI is InChI=1S/C18H24N4O4S/c1-4-16-20-21-18(26-16)19-17(23)14-5-7-15(8-6-14)27(24,25)22-10-12(2)9-13(3)11-22/h5-8,12-13H,4,9-11H2,1-3H3,(H,19,21,23)/t12-,13-/m1/s1. The minimum atomic E-state index is -3.57. The second kappa shape index (κ2) is 7.77. The van der Waals surface area contributed by atoms with Crippen LogP contribution in [0.2, 0.25) is 0 Å². The largest absolute Gasteiger partial charge is 0.408 e. The van der Waals surface area contributed by atoms with Crippen LogP contribution in [0.3, 0.4) is 0 Å². The third-order valence-corrected chi connectivity index (χ3v) is 6.43. The Kier molecular flexibility index (Phi) is 5.61. The van der Waals surface area contributed by atoms with Crippen LogP contribution < -0.4 is 5.32 Å². The molecular weight excluding hydrogens is 368 g/mol. The first kappa shape index (κ1) is 19.5. The molecule has 0 radical (unpaired) electrons. The second-order valence-electron chi connectivity index (χ2n) is 7.10. The molecule has 1 fully saturated rings. The molecule has 1 aliphatic heterocycles. The molecule has 0 saturated carbocycles. The molecule has 2 heterocycles. The molecule has 2 atom stereocenters. The van der Waals surface area contributed by atoms with Crippen molar-refractivity contribution in [3.05, 3.63) is 35.7 Å². The summed E-state index contributed by atoms with van der Waals surface area (Å²) in [6.07, 6.45) is 1.60. The van der Waals surface area contributed by atoms with Gasteiger partial charge in [0.05, 0.1) is 4.90 Å². The van der Waals surface area contributed by atoms with Crippen LogP contribution in [0.15, 0.2) is 33.6 Å². The summed E-state index contributed by atoms with van der Waals surface area (Å²) in [4.78, 5) is 12.4. The number of amides is 1. The van der Waals surface area contributed by atoms with Crippen LogP contribution in [0.4, 0.5) is 6.01 Å². The third-order valence-electron chi connectivity index (χ3n) is 4.58. The molecule has 0 bridgehead atoms. The molecule has 1 N–H and O–H groups in total. The number of hydrogen-bond donors (Lipinski definition) is 1. The van der Waals surface area contributed by atoms with Gasteiger partial charge in [-0.1, -0.05) is 25.9 Å². The molecule has 146 valence electrons. The molecule has 8 nitrogen and oxygen atoms in total. The van der Waals surface area contributed by atoms with Crippen molar-refractivity contribution >= 4 is 21.9 Å². The number of aryl methyl sites for hydroxylation is 1. The number of carbonyl (C=O) groups excluding carboxylic acids is 1. The Morgan fingerprint density at radius 2 is 1.81 bits per heavy atom. The van der Waals surface area contributed by atoms with Crippen molar-refractivity contribution in [2.75, 3.05) is 18.4 Å². The van der Waals surface area contributed by atoms with E-state index in [4.69, 9.17) is 4.42 Å². The summed E-state index contributed by atoms with van der Waals surface area (Å²) in [6, 6.07) is 5.90. The summed E-state index contributed by atoms with van der Waals surface area (Å²) in [7, 11) is -3.57. The first-order chi connectivity index (χ1) is 12.8. The van der Waals surface area contributed by atoms with Gasteiger partial charge in [-0.3, -0.25) is 10.1 Å². The van der Waals surface area contributed by atoms with Crippen molar-refractivity contribution in [1.29, 1.82) is 0 Å². The highest BCUT2D eigenvalue weighted by Crippen LogP contribution is 2.26. The smallest absolute Gasteiger partial charge is 0.322 e. The van der Waals surface area contributed by atoms with E-state index in [1.807, 2.05) is 6.92 Å². The summed E-state index contributed by atoms with van der Waals surface area (Å²) >= 11 is 0. The fourth-order valence-electron chi connectivity index (χ4n) is 3.35. The minimum absolute atomic E-state index is 0.0184. The topological polar surface area (TPSA) is 105 Å². The SMILES string of the molecule is CCc1nnc(NC(=O)c2ccc(S(=O)(=O)N3C[C@H](C)C[C@@H](C)C3)cc2)o1. The molecular formula is C18H24N4O4S. The van der Waals surface area contributed by atoms with E-state index in [1.54, 1.807) is 0 Å². The van der Waals surface area contributed by atoms with Crippen molar-refractivity contribution in [3.8, 4) is 0 Å². The van der Waals surface area contributed by atoms with Gasteiger partial charge < -0.3 is 4.42 Å². The van der Waals surface area contributed by atoms with Gasteiger partial charge in [-0.15, -0.1) is 5.10 Å². The Morgan fingerprint density at radius 3 is 2.37 bits per heavy atom. The highest BCUT2D eigenvalue weighted by atomic mass is 32.2. The number of nitrogens with zero attached hydrogens (tertiary/aromatic N) is 3. The van der Waals surface area contributed by atoms with Crippen molar-refractivity contribution in [1.82, 2.24) is 14.5 Å². The average molecular weight is 392 g/mol. The number of rotatable bonds is 5. The quantitative estimate of drug-likeness (QED) is 0.838. The van der Waals surface area contributed by atoms with Gasteiger partial charge in [0.15, 0.2) is 0 Å². The Morgan fingerprint density at radius 1 is 1.19 bits per heavy atom. The first-order valence-corrected chi connectivity index (χ1v) is 10.5. The van der Waals surface area contributed by atoms with Crippen LogP contribution in [0.25, 0.3) is 0 Å². The maximum absolute atomic E-state index is 12.9. The highest BCUT2D eigenvalue weighted by molar-refractivity contribution is 7.89. The average Bonchev–Trinajstić information content (AvgIpc) is 3.08. The molecule has 0 unspecified atom stereocenters. The van der Waals surface area contributed by atoms with Crippen molar-refractivity contribution in [3.63, 3.8) is 0 Å². The van der Waals surface area contributed by atoms with Crippen LogP contribution >= 0.6 is 0 Å². The molecule has 9 heteroatoms. The van der Waals surface area contributed by atoms with E-state index in [0.717, 1.165) is 6.42 Å². The molecule has 1 aromatic carbocycles. The summed E-state index contributed by atoms with van der Waals surface area (Å²) in [5.41, 5.74) is 0.311. The number of benzene rings is 1. The maximum Gasteiger partial charge on any atom is 0.322 e. The van der Waals surface area contributed by atoms with Gasteiger partial charge >= 0.3 is 6.01 Å². The minimum Gasteiger partial charge on any atom is -0.408 e. The molecule has 1 aliphatic rings. The second-order valence-corrected chi connectivity index (χ2v) is 9.04. The third kappa shape index (κ3) is 4.36. The Hall–Kier alpha value is -2.26. The molecule has 1 amide bonds. The predicted molar refractivity (Wildman–Crippen MR) is 99.8 cm³/mol. The number of carbonyl (C=O) groups is 1. The summed E-state index contributed by atoms with van der Waals surface area (Å²) < 4.78 is 32.5. The van der Waals surface area contributed by atoms with Gasteiger partial charge in [-0.05, 0) is 42.5 Å². The zero-order valence-corrected chi connectivity index (χ0v) is 16.5. The molecule has 3 rings (SSSR count). The van der Waals surface area contributed by atoms with Crippen molar-refractivity contribution < 1.29 is 17.6 Å². The fourth-order valence-corrected chi connectivity index (χ4v) is 5.03. The predicted octanol–water partition coefficient (Wildman–Crippen LogP) is 2.55. The van der Waals surface area contributed by atoms with Gasteiger partial charge in [-0.25, -0.2) is 8.42 Å². The molecule has 1 aromatic heterocycles. The fraction of sp³-hybridized carbons (Fsp3) is 0.500. The lowest BCUT2D eigenvalue weighted by molar-refractivity contribution is 0.102. The lowest BCUT2D eigenvalue weighted by atomic mass is 9.94. The van der Waals surface area contributed by atoms with E-state index in [2.05, 4.69) is 29.4 Å². The van der Waals surface area contributed by atoms with Gasteiger partial charge in [0.25, 0.3) is 5.91 Å². The normalized spacial score (nSPS) is 21.1. The Bertz CT molecular complexity index is 898. The van der Waals surface area contributed by atoms with Gasteiger partial charge in [0.2, 0.25) is 15.9 Å². The molecule has 27 heavy (non-hydrogen) atoms. The Balaban J connectivity index is 1.73. The van der Waals surface area contributed by atoms with Crippen LogP contribution in [0.1, 0.15) is 43.4 Å². The van der Waals surface area contributed by atoms with E-state index in [-0.39, 0.29) is 10.9 Å². The zero-order chi connectivity index (χ0) is 19.6. The van der Waals surface area contributed by atoms with Gasteiger partial charge in [0, 0.05) is 25.1 Å². The van der Waals surface area contributed by atoms with E-state index in [9.17, 15) is 13.2 Å². The van der Waals surface area contributed by atoms with Crippen LogP contribution in [0, 0.1) is 11.8 Å². The van der Waals surface area contributed by atoms with Crippen molar-refractivity contribution in [2.24, 2.45) is 11.8 Å². The van der Waals surface area contributed by atoms with Crippen LogP contribution in [0.5, 0.6) is 0 Å². The molecule has 1 saturated heterocycles. The monoisotopic (exact) mass is 392 g/mol. The molecule has 0 aliphatic carbocycles. The lowest BCUT2D eigenvalue weighted by Crippen LogP contribution is -2.42. The Labute approximate surface area is 159 Å². The molecule has 2 aromatic rings. The summed E-state index contributed by atoms with van der Waals surface area (Å²) in [6.45, 7) is 7.03. The van der Waals surface area contributed by atoms with Crippen LogP contribution in [-0.2, 0) is 16.4 Å². The first-order valence-electron chi connectivity index (χ1n) is 9.03. The van der Waals surface area contributed by atoms with E-state index in [0.29, 0.717) is 42.8 Å². The number of hydrogen-bond acceptors (Lipinski definition) is 6. The van der Waals surface area contributed by atoms with E-state index >= 15 is 0 Å². The number of aromatic nitrogens is 2. The number of nitrogens with one attached hydrogen (secondary N) is 1. The van der Waals surface area contributed by atoms with Crippen molar-refractivity contribution in [2.45, 2.75) is 38.5 Å². The summed E-state index contributed by atoms with van der Waals surface area (Å²) in [5.74, 6) is 0.647. The number of anilines is 1. The van der Waals surface area contributed by atoms with Gasteiger partial charge in [-0.2, -0.15) is 4.31 Å². The van der Waals surface area contributed by atoms with E-state index < -0.39 is 15.9 Å². The lowest BCUT2D eigenvalue weighted by Gasteiger charge is -2.34. The van der Waals surface area contributed by atoms with E-state index in [1.165, 1.54) is 28.6 Å². The number of piperidine rings is 1.